The molecule has 0 bridgehead atoms. The number of hydrogen-bond acceptors (Lipinski definition) is 2. The quantitative estimate of drug-likeness (QED) is 0.706. The molecule has 1 heterocycles. The van der Waals surface area contributed by atoms with Crippen LogP contribution in [0, 0.1) is 0 Å². The zero-order chi connectivity index (χ0) is 9.73. The maximum Gasteiger partial charge on any atom is 0.138 e. The minimum Gasteiger partial charge on any atom is -0.327 e. The lowest BCUT2D eigenvalue weighted by Gasteiger charge is -2.31. The van der Waals surface area contributed by atoms with E-state index in [1.807, 2.05) is 6.92 Å². The molecule has 1 saturated heterocycles. The van der Waals surface area contributed by atoms with Crippen molar-refractivity contribution in [1.29, 1.82) is 0 Å². The molecule has 2 atom stereocenters. The molecule has 0 amide bonds. The summed E-state index contributed by atoms with van der Waals surface area (Å²) in [5.74, 6) is 0. The SMILES string of the molecule is CCC(F)(CN)C1CCCCCN1. The second-order valence-electron chi connectivity index (χ2n) is 3.95. The molecular formula is C10H21FN2. The van der Waals surface area contributed by atoms with Crippen LogP contribution >= 0.6 is 0 Å². The molecule has 0 aromatic rings. The van der Waals surface area contributed by atoms with Gasteiger partial charge in [-0.3, -0.25) is 0 Å². The summed E-state index contributed by atoms with van der Waals surface area (Å²) in [5, 5.41) is 3.27. The van der Waals surface area contributed by atoms with Gasteiger partial charge in [0.05, 0.1) is 0 Å². The molecule has 13 heavy (non-hydrogen) atoms. The van der Waals surface area contributed by atoms with Crippen molar-refractivity contribution < 1.29 is 4.39 Å². The van der Waals surface area contributed by atoms with Gasteiger partial charge in [0.15, 0.2) is 0 Å². The first-order valence-corrected chi connectivity index (χ1v) is 5.35. The van der Waals surface area contributed by atoms with Crippen LogP contribution < -0.4 is 11.1 Å². The van der Waals surface area contributed by atoms with E-state index in [0.717, 1.165) is 19.4 Å². The molecule has 1 rings (SSSR count). The van der Waals surface area contributed by atoms with Gasteiger partial charge in [-0.25, -0.2) is 4.39 Å². The van der Waals surface area contributed by atoms with Gasteiger partial charge in [0, 0.05) is 12.6 Å². The topological polar surface area (TPSA) is 38.0 Å². The Hall–Kier alpha value is -0.150. The molecule has 0 spiro atoms. The second kappa shape index (κ2) is 4.91. The second-order valence-corrected chi connectivity index (χ2v) is 3.95. The Balaban J connectivity index is 2.55. The summed E-state index contributed by atoms with van der Waals surface area (Å²) in [7, 11) is 0. The molecule has 0 saturated carbocycles. The molecule has 0 aromatic carbocycles. The van der Waals surface area contributed by atoms with Crippen LogP contribution in [-0.4, -0.2) is 24.8 Å². The minimum atomic E-state index is -1.19. The van der Waals surface area contributed by atoms with E-state index < -0.39 is 5.67 Å². The van der Waals surface area contributed by atoms with Gasteiger partial charge in [0.2, 0.25) is 0 Å². The maximum absolute atomic E-state index is 14.1. The molecule has 1 aliphatic rings. The van der Waals surface area contributed by atoms with Crippen molar-refractivity contribution in [3.63, 3.8) is 0 Å². The first-order valence-electron chi connectivity index (χ1n) is 5.35. The molecule has 78 valence electrons. The fraction of sp³-hybridized carbons (Fsp3) is 1.00. The minimum absolute atomic E-state index is 0.0231. The summed E-state index contributed by atoms with van der Waals surface area (Å²) in [4.78, 5) is 0. The average molecular weight is 188 g/mol. The predicted molar refractivity (Wildman–Crippen MR) is 53.4 cm³/mol. The lowest BCUT2D eigenvalue weighted by atomic mass is 9.90. The fourth-order valence-electron chi connectivity index (χ4n) is 2.00. The van der Waals surface area contributed by atoms with Crippen LogP contribution in [-0.2, 0) is 0 Å². The summed E-state index contributed by atoms with van der Waals surface area (Å²) in [6, 6.07) is -0.0231. The maximum atomic E-state index is 14.1. The Morgan fingerprint density at radius 3 is 2.85 bits per heavy atom. The van der Waals surface area contributed by atoms with Crippen molar-refractivity contribution in [2.24, 2.45) is 5.73 Å². The highest BCUT2D eigenvalue weighted by atomic mass is 19.1. The third-order valence-corrected chi connectivity index (χ3v) is 3.11. The molecule has 0 radical (unpaired) electrons. The number of rotatable bonds is 3. The van der Waals surface area contributed by atoms with Crippen molar-refractivity contribution in [3.8, 4) is 0 Å². The summed E-state index contributed by atoms with van der Waals surface area (Å²) in [6.07, 6.45) is 4.96. The van der Waals surface area contributed by atoms with Crippen molar-refractivity contribution >= 4 is 0 Å². The lowest BCUT2D eigenvalue weighted by molar-refractivity contribution is 0.106. The van der Waals surface area contributed by atoms with Gasteiger partial charge in [0.1, 0.15) is 5.67 Å². The van der Waals surface area contributed by atoms with Crippen molar-refractivity contribution in [2.75, 3.05) is 13.1 Å². The Labute approximate surface area is 80.1 Å². The van der Waals surface area contributed by atoms with Gasteiger partial charge in [0.25, 0.3) is 0 Å². The molecular weight excluding hydrogens is 167 g/mol. The summed E-state index contributed by atoms with van der Waals surface area (Å²) >= 11 is 0. The third kappa shape index (κ3) is 2.64. The molecule has 0 aromatic heterocycles. The van der Waals surface area contributed by atoms with Gasteiger partial charge < -0.3 is 11.1 Å². The van der Waals surface area contributed by atoms with E-state index in [0.29, 0.717) is 6.42 Å². The van der Waals surface area contributed by atoms with Crippen LogP contribution in [0.25, 0.3) is 0 Å². The number of nitrogens with one attached hydrogen (secondary N) is 1. The Morgan fingerprint density at radius 2 is 2.23 bits per heavy atom. The van der Waals surface area contributed by atoms with Gasteiger partial charge in [-0.2, -0.15) is 0 Å². The van der Waals surface area contributed by atoms with Crippen LogP contribution in [0.15, 0.2) is 0 Å². The first kappa shape index (κ1) is 10.9. The summed E-state index contributed by atoms with van der Waals surface area (Å²) < 4.78 is 14.1. The molecule has 0 aliphatic carbocycles. The van der Waals surface area contributed by atoms with Crippen LogP contribution in [0.1, 0.15) is 39.0 Å². The van der Waals surface area contributed by atoms with Gasteiger partial charge in [-0.05, 0) is 25.8 Å². The number of alkyl halides is 1. The van der Waals surface area contributed by atoms with Crippen LogP contribution in [0.4, 0.5) is 4.39 Å². The van der Waals surface area contributed by atoms with E-state index in [4.69, 9.17) is 5.73 Å². The zero-order valence-corrected chi connectivity index (χ0v) is 8.48. The first-order chi connectivity index (χ1) is 6.23. The monoisotopic (exact) mass is 188 g/mol. The summed E-state index contributed by atoms with van der Waals surface area (Å²) in [5.41, 5.74) is 4.29. The highest BCUT2D eigenvalue weighted by Gasteiger charge is 2.35. The molecule has 2 nitrogen and oxygen atoms in total. The molecule has 2 unspecified atom stereocenters. The van der Waals surface area contributed by atoms with Gasteiger partial charge in [-0.1, -0.05) is 19.8 Å². The van der Waals surface area contributed by atoms with Crippen LogP contribution in [0.2, 0.25) is 0 Å². The fourth-order valence-corrected chi connectivity index (χ4v) is 2.00. The van der Waals surface area contributed by atoms with Crippen molar-refractivity contribution in [3.05, 3.63) is 0 Å². The Bertz CT molecular complexity index is 138. The Morgan fingerprint density at radius 1 is 1.46 bits per heavy atom. The zero-order valence-electron chi connectivity index (χ0n) is 8.48. The normalized spacial score (nSPS) is 29.3. The average Bonchev–Trinajstić information content (AvgIpc) is 2.45. The molecule has 3 heteroatoms. The van der Waals surface area contributed by atoms with Crippen molar-refractivity contribution in [1.82, 2.24) is 5.32 Å². The number of nitrogens with two attached hydrogens (primary N) is 1. The lowest BCUT2D eigenvalue weighted by Crippen LogP contribution is -2.51. The number of halogens is 1. The number of hydrogen-bond donors (Lipinski definition) is 2. The third-order valence-electron chi connectivity index (χ3n) is 3.11. The van der Waals surface area contributed by atoms with E-state index in [2.05, 4.69) is 5.32 Å². The van der Waals surface area contributed by atoms with Gasteiger partial charge >= 0.3 is 0 Å². The largest absolute Gasteiger partial charge is 0.327 e. The van der Waals surface area contributed by atoms with E-state index in [9.17, 15) is 4.39 Å². The van der Waals surface area contributed by atoms with E-state index in [-0.39, 0.29) is 12.6 Å². The Kier molecular flexibility index (Phi) is 4.13. The van der Waals surface area contributed by atoms with E-state index in [1.54, 1.807) is 0 Å². The van der Waals surface area contributed by atoms with E-state index >= 15 is 0 Å². The van der Waals surface area contributed by atoms with Gasteiger partial charge in [-0.15, -0.1) is 0 Å². The smallest absolute Gasteiger partial charge is 0.138 e. The standard InChI is InChI=1S/C10H21FN2/c1-2-10(11,8-12)9-6-4-3-5-7-13-9/h9,13H,2-8,12H2,1H3. The highest BCUT2D eigenvalue weighted by molar-refractivity contribution is 4.92. The molecule has 1 fully saturated rings. The van der Waals surface area contributed by atoms with Crippen molar-refractivity contribution in [2.45, 2.75) is 50.7 Å². The van der Waals surface area contributed by atoms with Crippen LogP contribution in [0.3, 0.4) is 0 Å². The predicted octanol–water partition coefficient (Wildman–Crippen LogP) is 1.60. The summed E-state index contributed by atoms with van der Waals surface area (Å²) in [6.45, 7) is 2.96. The highest BCUT2D eigenvalue weighted by Crippen LogP contribution is 2.25. The molecule has 3 N–H and O–H groups in total. The molecule has 1 aliphatic heterocycles. The van der Waals surface area contributed by atoms with E-state index in [1.165, 1.54) is 12.8 Å². The van der Waals surface area contributed by atoms with Crippen LogP contribution in [0.5, 0.6) is 0 Å².